The number of rotatable bonds is 4. The molecule has 1 aromatic carbocycles. The number of benzene rings is 1. The summed E-state index contributed by atoms with van der Waals surface area (Å²) in [6.07, 6.45) is -3.35. The fourth-order valence-corrected chi connectivity index (χ4v) is 3.98. The molecule has 3 amide bonds. The first-order valence-electron chi connectivity index (χ1n) is 10.3. The van der Waals surface area contributed by atoms with Gasteiger partial charge in [-0.1, -0.05) is 12.1 Å². The molecule has 0 radical (unpaired) electrons. The number of carbonyl (C=O) groups is 3. The van der Waals surface area contributed by atoms with Gasteiger partial charge in [0.25, 0.3) is 5.91 Å². The second kappa shape index (κ2) is 8.84. The van der Waals surface area contributed by atoms with Crippen molar-refractivity contribution < 1.29 is 31.9 Å². The number of amides is 3. The number of hydrogen-bond acceptors (Lipinski definition) is 4. The maximum absolute atomic E-state index is 13.1. The maximum atomic E-state index is 13.1. The van der Waals surface area contributed by atoms with Crippen molar-refractivity contribution in [3.63, 3.8) is 0 Å². The van der Waals surface area contributed by atoms with Crippen LogP contribution >= 0.6 is 0 Å². The Morgan fingerprint density at radius 1 is 1.21 bits per heavy atom. The van der Waals surface area contributed by atoms with Crippen LogP contribution < -0.4 is 5.73 Å². The number of nitrogens with two attached hydrogens (primary N) is 1. The molecule has 8 nitrogen and oxygen atoms in total. The summed E-state index contributed by atoms with van der Waals surface area (Å²) in [5, 5.41) is 0. The molecule has 1 unspecified atom stereocenters. The summed E-state index contributed by atoms with van der Waals surface area (Å²) in [7, 11) is 0. The lowest BCUT2D eigenvalue weighted by molar-refractivity contribution is -0.169. The zero-order valence-corrected chi connectivity index (χ0v) is 17.7. The van der Waals surface area contributed by atoms with Crippen molar-refractivity contribution in [1.29, 1.82) is 0 Å². The smallest absolute Gasteiger partial charge is 0.383 e. The number of halogens is 4. The summed E-state index contributed by atoms with van der Waals surface area (Å²) < 4.78 is 50.3. The van der Waals surface area contributed by atoms with E-state index in [0.29, 0.717) is 30.8 Å². The van der Waals surface area contributed by atoms with Gasteiger partial charge in [-0.25, -0.2) is 4.39 Å². The highest BCUT2D eigenvalue weighted by Crippen LogP contribution is 2.28. The van der Waals surface area contributed by atoms with Gasteiger partial charge in [0, 0.05) is 24.8 Å². The predicted octanol–water partition coefficient (Wildman–Crippen LogP) is 1.81. The Morgan fingerprint density at radius 2 is 1.91 bits per heavy atom. The highest BCUT2D eigenvalue weighted by Gasteiger charge is 2.40. The van der Waals surface area contributed by atoms with Crippen molar-refractivity contribution in [2.24, 2.45) is 10.7 Å². The molecule has 12 heteroatoms. The summed E-state index contributed by atoms with van der Waals surface area (Å²) in [5.41, 5.74) is 6.69. The first-order valence-corrected chi connectivity index (χ1v) is 10.3. The number of aromatic nitrogens is 1. The van der Waals surface area contributed by atoms with E-state index in [2.05, 4.69) is 9.98 Å². The van der Waals surface area contributed by atoms with Crippen LogP contribution in [-0.2, 0) is 22.6 Å². The monoisotopic (exact) mass is 477 g/mol. The van der Waals surface area contributed by atoms with Gasteiger partial charge in [-0.2, -0.15) is 18.2 Å². The van der Waals surface area contributed by atoms with E-state index in [1.807, 2.05) is 0 Å². The third-order valence-electron chi connectivity index (χ3n) is 5.77. The quantitative estimate of drug-likeness (QED) is 0.411. The summed E-state index contributed by atoms with van der Waals surface area (Å²) >= 11 is 0. The van der Waals surface area contributed by atoms with Crippen LogP contribution in [0.15, 0.2) is 41.5 Å². The van der Waals surface area contributed by atoms with E-state index in [1.165, 1.54) is 18.2 Å². The largest absolute Gasteiger partial charge is 0.473 e. The van der Waals surface area contributed by atoms with Gasteiger partial charge in [0.05, 0.1) is 30.3 Å². The van der Waals surface area contributed by atoms with Gasteiger partial charge >= 0.3 is 12.1 Å². The Balaban J connectivity index is 1.42. The molecule has 3 heterocycles. The summed E-state index contributed by atoms with van der Waals surface area (Å²) in [6, 6.07) is 6.66. The van der Waals surface area contributed by atoms with Gasteiger partial charge in [-0.15, -0.1) is 0 Å². The van der Waals surface area contributed by atoms with Crippen molar-refractivity contribution in [3.8, 4) is 0 Å². The molecule has 2 aromatic rings. The first kappa shape index (κ1) is 23.3. The zero-order chi connectivity index (χ0) is 24.6. The number of amidine groups is 1. The topological polar surface area (TPSA) is 109 Å². The Hall–Kier alpha value is -3.83. The number of aliphatic imine (C=N–C) groups is 1. The van der Waals surface area contributed by atoms with Gasteiger partial charge in [0.2, 0.25) is 5.91 Å². The van der Waals surface area contributed by atoms with Crippen LogP contribution in [0.25, 0.3) is 0 Å². The maximum Gasteiger partial charge on any atom is 0.473 e. The average molecular weight is 477 g/mol. The van der Waals surface area contributed by atoms with Crippen molar-refractivity contribution in [3.05, 3.63) is 64.7 Å². The molecule has 2 aliphatic heterocycles. The molecule has 178 valence electrons. The van der Waals surface area contributed by atoms with Crippen LogP contribution in [0.3, 0.4) is 0 Å². The van der Waals surface area contributed by atoms with E-state index in [0.717, 1.165) is 6.20 Å². The van der Waals surface area contributed by atoms with Gasteiger partial charge in [0.15, 0.2) is 0 Å². The molecule has 0 aliphatic carbocycles. The molecule has 0 spiro atoms. The molecule has 2 aliphatic rings. The zero-order valence-electron chi connectivity index (χ0n) is 17.7. The molecular formula is C22H19F4N5O3. The molecule has 4 rings (SSSR count). The molecule has 0 saturated carbocycles. The second-order valence-electron chi connectivity index (χ2n) is 8.04. The number of nitrogens with zero attached hydrogens (tertiary/aromatic N) is 4. The Bertz CT molecular complexity index is 1180. The van der Waals surface area contributed by atoms with Crippen molar-refractivity contribution in [2.75, 3.05) is 13.1 Å². The Labute approximate surface area is 191 Å². The molecule has 1 fully saturated rings. The highest BCUT2D eigenvalue weighted by atomic mass is 19.4. The Kier molecular flexibility index (Phi) is 6.07. The lowest BCUT2D eigenvalue weighted by Gasteiger charge is -2.24. The standard InChI is InChI=1S/C22H19F4N5O3/c23-14-3-1-12(2-4-14)7-18(32)30-6-5-15(10-30)31-11-17-16(20(31)33)8-13(9-28-17)19(27)29-21(34)22(24,25)26/h1-4,8-9,15H,5-7,10-11H2,(H2,27,29,34). The number of carbonyl (C=O) groups excluding carboxylic acids is 3. The second-order valence-corrected chi connectivity index (χ2v) is 8.04. The van der Waals surface area contributed by atoms with Gasteiger partial charge in [-0.05, 0) is 30.2 Å². The lowest BCUT2D eigenvalue weighted by atomic mass is 10.1. The number of hydrogen-bond donors (Lipinski definition) is 1. The number of likely N-dealkylation sites (tertiary alicyclic amines) is 1. The molecular weight excluding hydrogens is 458 g/mol. The van der Waals surface area contributed by atoms with E-state index < -0.39 is 23.8 Å². The molecule has 2 N–H and O–H groups in total. The van der Waals surface area contributed by atoms with Crippen LogP contribution in [0.4, 0.5) is 17.6 Å². The summed E-state index contributed by atoms with van der Waals surface area (Å²) in [5.74, 6) is -3.97. The van der Waals surface area contributed by atoms with Crippen molar-refractivity contribution >= 4 is 23.6 Å². The molecule has 1 saturated heterocycles. The van der Waals surface area contributed by atoms with Crippen LogP contribution in [0.2, 0.25) is 0 Å². The Morgan fingerprint density at radius 3 is 2.59 bits per heavy atom. The van der Waals surface area contributed by atoms with Crippen LogP contribution in [0.5, 0.6) is 0 Å². The number of pyridine rings is 1. The van der Waals surface area contributed by atoms with E-state index in [9.17, 15) is 31.9 Å². The van der Waals surface area contributed by atoms with Gasteiger partial charge < -0.3 is 15.5 Å². The minimum absolute atomic E-state index is 0.0749. The van der Waals surface area contributed by atoms with E-state index in [1.54, 1.807) is 21.9 Å². The van der Waals surface area contributed by atoms with Crippen molar-refractivity contribution in [2.45, 2.75) is 31.6 Å². The van der Waals surface area contributed by atoms with Crippen LogP contribution in [0.1, 0.15) is 33.6 Å². The predicted molar refractivity (Wildman–Crippen MR) is 111 cm³/mol. The van der Waals surface area contributed by atoms with Crippen LogP contribution in [0, 0.1) is 5.82 Å². The fraction of sp³-hybridized carbons (Fsp3) is 0.318. The highest BCUT2D eigenvalue weighted by molar-refractivity contribution is 6.07. The molecule has 1 aromatic heterocycles. The third-order valence-corrected chi connectivity index (χ3v) is 5.77. The van der Waals surface area contributed by atoms with E-state index in [4.69, 9.17) is 5.73 Å². The van der Waals surface area contributed by atoms with Crippen molar-refractivity contribution in [1.82, 2.24) is 14.8 Å². The molecule has 34 heavy (non-hydrogen) atoms. The molecule has 1 atom stereocenters. The van der Waals surface area contributed by atoms with Gasteiger partial charge in [-0.3, -0.25) is 19.4 Å². The summed E-state index contributed by atoms with van der Waals surface area (Å²) in [6.45, 7) is 0.941. The first-order chi connectivity index (χ1) is 16.0. The van der Waals surface area contributed by atoms with E-state index >= 15 is 0 Å². The molecule has 0 bridgehead atoms. The third kappa shape index (κ3) is 4.75. The number of alkyl halides is 3. The lowest BCUT2D eigenvalue weighted by Crippen LogP contribution is -2.39. The van der Waals surface area contributed by atoms with Gasteiger partial charge in [0.1, 0.15) is 11.7 Å². The minimum Gasteiger partial charge on any atom is -0.383 e. The SMILES string of the molecule is NC(=NC(=O)C(F)(F)F)c1cnc2c(c1)C(=O)N(C1CCN(C(=O)Cc3ccc(F)cc3)C1)C2. The summed E-state index contributed by atoms with van der Waals surface area (Å²) in [4.78, 5) is 46.8. The van der Waals surface area contributed by atoms with Crippen LogP contribution in [-0.4, -0.2) is 63.6 Å². The minimum atomic E-state index is -5.16. The van der Waals surface area contributed by atoms with E-state index in [-0.39, 0.29) is 41.9 Å². The average Bonchev–Trinajstić information content (AvgIpc) is 3.39. The fourth-order valence-electron chi connectivity index (χ4n) is 3.98. The normalized spacial score (nSPS) is 18.4. The number of fused-ring (bicyclic) bond motifs is 1.